The number of carbonyl (C=O) groups excluding carboxylic acids is 3. The van der Waals surface area contributed by atoms with E-state index in [1.165, 1.54) is 0 Å². The maximum atomic E-state index is 12.2. The quantitative estimate of drug-likeness (QED) is 0.406. The summed E-state index contributed by atoms with van der Waals surface area (Å²) in [5.74, 6) is -2.16. The predicted molar refractivity (Wildman–Crippen MR) is 83.4 cm³/mol. The van der Waals surface area contributed by atoms with Gasteiger partial charge >= 0.3 is 17.9 Å². The third-order valence-electron chi connectivity index (χ3n) is 3.77. The molecule has 1 aliphatic carbocycles. The van der Waals surface area contributed by atoms with Crippen LogP contribution < -0.4 is 0 Å². The summed E-state index contributed by atoms with van der Waals surface area (Å²) in [6.07, 6.45) is 2.88. The highest BCUT2D eigenvalue weighted by molar-refractivity contribution is 5.82. The first-order chi connectivity index (χ1) is 10.8. The fraction of sp³-hybridized carbons (Fsp3) is 0.824. The van der Waals surface area contributed by atoms with E-state index in [4.69, 9.17) is 14.2 Å². The molecule has 1 fully saturated rings. The van der Waals surface area contributed by atoms with E-state index in [0.29, 0.717) is 12.8 Å². The summed E-state index contributed by atoms with van der Waals surface area (Å²) in [6, 6.07) is 0. The topological polar surface area (TPSA) is 78.9 Å². The Morgan fingerprint density at radius 1 is 0.870 bits per heavy atom. The average molecular weight is 328 g/mol. The Balaban J connectivity index is 2.45. The third-order valence-corrected chi connectivity index (χ3v) is 3.77. The van der Waals surface area contributed by atoms with Gasteiger partial charge in [0.2, 0.25) is 0 Å². The molecule has 0 aromatic carbocycles. The summed E-state index contributed by atoms with van der Waals surface area (Å²) >= 11 is 0. The van der Waals surface area contributed by atoms with Crippen molar-refractivity contribution in [2.24, 2.45) is 17.8 Å². The SMILES string of the molecule is CC(C)OC(=O)C1CCCCC1C(=O)OCCOC(=O)C(C)C. The molecule has 1 saturated carbocycles. The summed E-state index contributed by atoms with van der Waals surface area (Å²) in [6.45, 7) is 7.10. The zero-order chi connectivity index (χ0) is 17.4. The lowest BCUT2D eigenvalue weighted by Gasteiger charge is -2.28. The minimum Gasteiger partial charge on any atom is -0.463 e. The van der Waals surface area contributed by atoms with E-state index in [1.807, 2.05) is 0 Å². The second-order valence-electron chi connectivity index (χ2n) is 6.47. The zero-order valence-corrected chi connectivity index (χ0v) is 14.5. The van der Waals surface area contributed by atoms with Gasteiger partial charge in [0, 0.05) is 0 Å². The molecule has 0 aliphatic heterocycles. The molecule has 0 aromatic rings. The van der Waals surface area contributed by atoms with Crippen LogP contribution in [0.5, 0.6) is 0 Å². The van der Waals surface area contributed by atoms with Gasteiger partial charge in [-0.15, -0.1) is 0 Å². The Hall–Kier alpha value is -1.59. The Morgan fingerprint density at radius 2 is 1.39 bits per heavy atom. The van der Waals surface area contributed by atoms with Crippen molar-refractivity contribution in [3.63, 3.8) is 0 Å². The summed E-state index contributed by atoms with van der Waals surface area (Å²) < 4.78 is 15.4. The van der Waals surface area contributed by atoms with Crippen molar-refractivity contribution >= 4 is 17.9 Å². The Morgan fingerprint density at radius 3 is 1.91 bits per heavy atom. The van der Waals surface area contributed by atoms with Gasteiger partial charge in [-0.05, 0) is 26.7 Å². The van der Waals surface area contributed by atoms with Crippen LogP contribution in [0.3, 0.4) is 0 Å². The Bertz CT molecular complexity index is 415. The molecular formula is C17H28O6. The van der Waals surface area contributed by atoms with Crippen LogP contribution in [0.15, 0.2) is 0 Å². The molecule has 6 heteroatoms. The van der Waals surface area contributed by atoms with E-state index in [-0.39, 0.29) is 37.2 Å². The summed E-state index contributed by atoms with van der Waals surface area (Å²) in [5.41, 5.74) is 0. The van der Waals surface area contributed by atoms with Gasteiger partial charge in [-0.2, -0.15) is 0 Å². The molecule has 2 unspecified atom stereocenters. The lowest BCUT2D eigenvalue weighted by atomic mass is 9.79. The van der Waals surface area contributed by atoms with E-state index >= 15 is 0 Å². The van der Waals surface area contributed by atoms with Gasteiger partial charge in [0.1, 0.15) is 13.2 Å². The highest BCUT2D eigenvalue weighted by Gasteiger charge is 2.38. The first kappa shape index (κ1) is 19.5. The molecule has 0 amide bonds. The van der Waals surface area contributed by atoms with Gasteiger partial charge in [0.15, 0.2) is 0 Å². The van der Waals surface area contributed by atoms with Crippen molar-refractivity contribution in [2.75, 3.05) is 13.2 Å². The molecule has 1 rings (SSSR count). The summed E-state index contributed by atoms with van der Waals surface area (Å²) in [7, 11) is 0. The summed E-state index contributed by atoms with van der Waals surface area (Å²) in [4.78, 5) is 35.6. The first-order valence-corrected chi connectivity index (χ1v) is 8.36. The van der Waals surface area contributed by atoms with Crippen LogP contribution in [-0.4, -0.2) is 37.2 Å². The van der Waals surface area contributed by atoms with Crippen LogP contribution in [-0.2, 0) is 28.6 Å². The van der Waals surface area contributed by atoms with E-state index in [2.05, 4.69) is 0 Å². The van der Waals surface area contributed by atoms with Gasteiger partial charge in [-0.3, -0.25) is 14.4 Å². The second kappa shape index (κ2) is 9.53. The van der Waals surface area contributed by atoms with Crippen molar-refractivity contribution in [1.82, 2.24) is 0 Å². The maximum absolute atomic E-state index is 12.2. The molecule has 0 radical (unpaired) electrons. The largest absolute Gasteiger partial charge is 0.463 e. The van der Waals surface area contributed by atoms with Gasteiger partial charge in [0.25, 0.3) is 0 Å². The van der Waals surface area contributed by atoms with Crippen LogP contribution in [0, 0.1) is 17.8 Å². The van der Waals surface area contributed by atoms with Crippen LogP contribution in [0.1, 0.15) is 53.4 Å². The Kier molecular flexibility index (Phi) is 8.06. The second-order valence-corrected chi connectivity index (χ2v) is 6.47. The molecule has 132 valence electrons. The summed E-state index contributed by atoms with van der Waals surface area (Å²) in [5, 5.41) is 0. The molecule has 0 N–H and O–H groups in total. The normalized spacial score (nSPS) is 21.1. The monoisotopic (exact) mass is 328 g/mol. The van der Waals surface area contributed by atoms with Gasteiger partial charge < -0.3 is 14.2 Å². The fourth-order valence-corrected chi connectivity index (χ4v) is 2.57. The minimum atomic E-state index is -0.462. The van der Waals surface area contributed by atoms with Crippen LogP contribution in [0.25, 0.3) is 0 Å². The highest BCUT2D eigenvalue weighted by Crippen LogP contribution is 2.32. The third kappa shape index (κ3) is 6.59. The highest BCUT2D eigenvalue weighted by atomic mass is 16.6. The fourth-order valence-electron chi connectivity index (χ4n) is 2.57. The molecular weight excluding hydrogens is 300 g/mol. The molecule has 23 heavy (non-hydrogen) atoms. The molecule has 6 nitrogen and oxygen atoms in total. The van der Waals surface area contributed by atoms with Crippen molar-refractivity contribution in [3.8, 4) is 0 Å². The number of ether oxygens (including phenoxy) is 3. The maximum Gasteiger partial charge on any atom is 0.310 e. The smallest absolute Gasteiger partial charge is 0.310 e. The van der Waals surface area contributed by atoms with Crippen molar-refractivity contribution in [2.45, 2.75) is 59.5 Å². The number of hydrogen-bond acceptors (Lipinski definition) is 6. The van der Waals surface area contributed by atoms with E-state index < -0.39 is 17.8 Å². The zero-order valence-electron chi connectivity index (χ0n) is 14.5. The van der Waals surface area contributed by atoms with Crippen molar-refractivity contribution in [1.29, 1.82) is 0 Å². The molecule has 2 atom stereocenters. The van der Waals surface area contributed by atoms with Crippen molar-refractivity contribution < 1.29 is 28.6 Å². The lowest BCUT2D eigenvalue weighted by Crippen LogP contribution is -2.36. The number of carbonyl (C=O) groups is 3. The van der Waals surface area contributed by atoms with E-state index in [9.17, 15) is 14.4 Å². The predicted octanol–water partition coefficient (Wildman–Crippen LogP) is 2.49. The van der Waals surface area contributed by atoms with E-state index in [0.717, 1.165) is 12.8 Å². The molecule has 0 bridgehead atoms. The van der Waals surface area contributed by atoms with Gasteiger partial charge in [0.05, 0.1) is 23.9 Å². The van der Waals surface area contributed by atoms with Crippen LogP contribution >= 0.6 is 0 Å². The van der Waals surface area contributed by atoms with Crippen molar-refractivity contribution in [3.05, 3.63) is 0 Å². The number of esters is 3. The molecule has 0 spiro atoms. The number of hydrogen-bond donors (Lipinski definition) is 0. The minimum absolute atomic E-state index is 0.0136. The lowest BCUT2D eigenvalue weighted by molar-refractivity contribution is -0.166. The number of rotatable bonds is 7. The molecule has 0 saturated heterocycles. The molecule has 0 aromatic heterocycles. The van der Waals surface area contributed by atoms with Gasteiger partial charge in [-0.25, -0.2) is 0 Å². The molecule has 0 heterocycles. The Labute approximate surface area is 137 Å². The average Bonchev–Trinajstić information content (AvgIpc) is 2.50. The van der Waals surface area contributed by atoms with Crippen LogP contribution in [0.4, 0.5) is 0 Å². The van der Waals surface area contributed by atoms with E-state index in [1.54, 1.807) is 27.7 Å². The first-order valence-electron chi connectivity index (χ1n) is 8.36. The van der Waals surface area contributed by atoms with Gasteiger partial charge in [-0.1, -0.05) is 26.7 Å². The van der Waals surface area contributed by atoms with Crippen LogP contribution in [0.2, 0.25) is 0 Å². The molecule has 1 aliphatic rings. The standard InChI is InChI=1S/C17H28O6/c1-11(2)15(18)21-9-10-22-16(19)13-7-5-6-8-14(13)17(20)23-12(3)4/h11-14H,5-10H2,1-4H3.